The molecule has 2 aromatic rings. The van der Waals surface area contributed by atoms with Gasteiger partial charge in [0.2, 0.25) is 0 Å². The Kier molecular flexibility index (Phi) is 4.60. The van der Waals surface area contributed by atoms with Crippen molar-refractivity contribution in [3.8, 4) is 5.75 Å². The summed E-state index contributed by atoms with van der Waals surface area (Å²) in [5, 5.41) is 2.88. The first-order chi connectivity index (χ1) is 11.1. The van der Waals surface area contributed by atoms with Crippen molar-refractivity contribution in [2.24, 2.45) is 0 Å². The van der Waals surface area contributed by atoms with E-state index in [4.69, 9.17) is 4.74 Å². The van der Waals surface area contributed by atoms with Crippen LogP contribution in [0.3, 0.4) is 0 Å². The normalized spacial score (nSPS) is 13.3. The summed E-state index contributed by atoms with van der Waals surface area (Å²) in [7, 11) is 0. The average molecular weight is 310 g/mol. The fourth-order valence-corrected chi connectivity index (χ4v) is 2.89. The SMILES string of the molecule is Cc1ccc(NC(=O)COc2ccnc3c2CCCC3)cc1C. The first-order valence-electron chi connectivity index (χ1n) is 8.10. The predicted octanol–water partition coefficient (Wildman–Crippen LogP) is 3.59. The van der Waals surface area contributed by atoms with E-state index in [1.807, 2.05) is 31.2 Å². The lowest BCUT2D eigenvalue weighted by molar-refractivity contribution is -0.118. The number of carbonyl (C=O) groups excluding carboxylic acids is 1. The van der Waals surface area contributed by atoms with Crippen molar-refractivity contribution >= 4 is 11.6 Å². The van der Waals surface area contributed by atoms with Gasteiger partial charge < -0.3 is 10.1 Å². The summed E-state index contributed by atoms with van der Waals surface area (Å²) >= 11 is 0. The minimum Gasteiger partial charge on any atom is -0.483 e. The van der Waals surface area contributed by atoms with Crippen LogP contribution in [-0.2, 0) is 17.6 Å². The molecule has 0 unspecified atom stereocenters. The number of carbonyl (C=O) groups is 1. The Hall–Kier alpha value is -2.36. The van der Waals surface area contributed by atoms with Crippen molar-refractivity contribution in [1.29, 1.82) is 0 Å². The van der Waals surface area contributed by atoms with Crippen LogP contribution in [0.5, 0.6) is 5.75 Å². The van der Waals surface area contributed by atoms with Gasteiger partial charge in [-0.1, -0.05) is 6.07 Å². The Bertz CT molecular complexity index is 725. The van der Waals surface area contributed by atoms with E-state index < -0.39 is 0 Å². The molecule has 1 N–H and O–H groups in total. The Morgan fingerprint density at radius 2 is 2.00 bits per heavy atom. The quantitative estimate of drug-likeness (QED) is 0.939. The summed E-state index contributed by atoms with van der Waals surface area (Å²) in [5.41, 5.74) is 5.45. The van der Waals surface area contributed by atoms with Crippen molar-refractivity contribution in [1.82, 2.24) is 4.98 Å². The summed E-state index contributed by atoms with van der Waals surface area (Å²) in [4.78, 5) is 16.5. The van der Waals surface area contributed by atoms with E-state index in [9.17, 15) is 4.79 Å². The molecule has 0 fully saturated rings. The molecule has 0 atom stereocenters. The van der Waals surface area contributed by atoms with Crippen molar-refractivity contribution in [3.05, 3.63) is 52.8 Å². The maximum atomic E-state index is 12.1. The van der Waals surface area contributed by atoms with Gasteiger partial charge in [0.05, 0.1) is 0 Å². The van der Waals surface area contributed by atoms with Gasteiger partial charge in [0.25, 0.3) is 5.91 Å². The molecule has 4 heteroatoms. The Morgan fingerprint density at radius 3 is 2.83 bits per heavy atom. The van der Waals surface area contributed by atoms with E-state index in [-0.39, 0.29) is 12.5 Å². The molecule has 0 saturated heterocycles. The van der Waals surface area contributed by atoms with E-state index in [1.54, 1.807) is 6.20 Å². The van der Waals surface area contributed by atoms with Gasteiger partial charge in [-0.2, -0.15) is 0 Å². The van der Waals surface area contributed by atoms with Crippen LogP contribution in [-0.4, -0.2) is 17.5 Å². The van der Waals surface area contributed by atoms with Crippen molar-refractivity contribution in [3.63, 3.8) is 0 Å². The number of aryl methyl sites for hydroxylation is 3. The molecule has 0 aliphatic heterocycles. The van der Waals surface area contributed by atoms with Gasteiger partial charge >= 0.3 is 0 Å². The molecule has 0 spiro atoms. The summed E-state index contributed by atoms with van der Waals surface area (Å²) in [6.45, 7) is 4.10. The molecule has 1 aliphatic rings. The van der Waals surface area contributed by atoms with E-state index in [0.717, 1.165) is 47.5 Å². The number of nitrogens with one attached hydrogen (secondary N) is 1. The molecular weight excluding hydrogens is 288 g/mol. The van der Waals surface area contributed by atoms with Crippen LogP contribution >= 0.6 is 0 Å². The summed E-state index contributed by atoms with van der Waals surface area (Å²) in [5.74, 6) is 0.652. The molecule has 23 heavy (non-hydrogen) atoms. The summed E-state index contributed by atoms with van der Waals surface area (Å²) in [6.07, 6.45) is 6.08. The number of amides is 1. The smallest absolute Gasteiger partial charge is 0.262 e. The predicted molar refractivity (Wildman–Crippen MR) is 90.9 cm³/mol. The third-order valence-corrected chi connectivity index (χ3v) is 4.34. The Labute approximate surface area is 136 Å². The molecule has 4 nitrogen and oxygen atoms in total. The molecule has 1 aromatic heterocycles. The lowest BCUT2D eigenvalue weighted by Gasteiger charge is -2.18. The zero-order chi connectivity index (χ0) is 16.2. The van der Waals surface area contributed by atoms with Gasteiger partial charge in [-0.25, -0.2) is 0 Å². The lowest BCUT2D eigenvalue weighted by Crippen LogP contribution is -2.21. The topological polar surface area (TPSA) is 51.2 Å². The lowest BCUT2D eigenvalue weighted by atomic mass is 9.95. The van der Waals surface area contributed by atoms with Crippen LogP contribution < -0.4 is 10.1 Å². The fraction of sp³-hybridized carbons (Fsp3) is 0.368. The van der Waals surface area contributed by atoms with E-state index in [0.29, 0.717) is 0 Å². The van der Waals surface area contributed by atoms with Gasteiger partial charge in [0.15, 0.2) is 6.61 Å². The summed E-state index contributed by atoms with van der Waals surface area (Å²) in [6, 6.07) is 7.74. The van der Waals surface area contributed by atoms with Crippen LogP contribution in [0, 0.1) is 13.8 Å². The third-order valence-electron chi connectivity index (χ3n) is 4.34. The average Bonchev–Trinajstić information content (AvgIpc) is 2.56. The molecule has 1 heterocycles. The van der Waals surface area contributed by atoms with Gasteiger partial charge in [-0.05, 0) is 68.9 Å². The van der Waals surface area contributed by atoms with Gasteiger partial charge in [0, 0.05) is 23.1 Å². The van der Waals surface area contributed by atoms with E-state index in [1.165, 1.54) is 12.0 Å². The van der Waals surface area contributed by atoms with E-state index in [2.05, 4.69) is 17.2 Å². The second-order valence-corrected chi connectivity index (χ2v) is 6.08. The van der Waals surface area contributed by atoms with Crippen LogP contribution in [0.4, 0.5) is 5.69 Å². The molecule has 0 saturated carbocycles. The number of fused-ring (bicyclic) bond motifs is 1. The standard InChI is InChI=1S/C19H22N2O2/c1-13-7-8-15(11-14(13)2)21-19(22)12-23-18-9-10-20-17-6-4-3-5-16(17)18/h7-11H,3-6,12H2,1-2H3,(H,21,22). The largest absolute Gasteiger partial charge is 0.483 e. The maximum absolute atomic E-state index is 12.1. The molecule has 1 aliphatic carbocycles. The number of pyridine rings is 1. The van der Waals surface area contributed by atoms with Crippen LogP contribution in [0.15, 0.2) is 30.5 Å². The minimum absolute atomic E-state index is 0.0172. The van der Waals surface area contributed by atoms with Crippen LogP contribution in [0.2, 0.25) is 0 Å². The first-order valence-corrected chi connectivity index (χ1v) is 8.10. The molecule has 0 radical (unpaired) electrons. The minimum atomic E-state index is -0.144. The molecule has 120 valence electrons. The zero-order valence-electron chi connectivity index (χ0n) is 13.7. The van der Waals surface area contributed by atoms with Gasteiger partial charge in [-0.3, -0.25) is 9.78 Å². The number of ether oxygens (including phenoxy) is 1. The monoisotopic (exact) mass is 310 g/mol. The van der Waals surface area contributed by atoms with Crippen molar-refractivity contribution in [2.45, 2.75) is 39.5 Å². The highest BCUT2D eigenvalue weighted by atomic mass is 16.5. The van der Waals surface area contributed by atoms with Crippen LogP contribution in [0.1, 0.15) is 35.2 Å². The second kappa shape index (κ2) is 6.82. The highest BCUT2D eigenvalue weighted by Crippen LogP contribution is 2.27. The number of nitrogens with zero attached hydrogens (tertiary/aromatic N) is 1. The Morgan fingerprint density at radius 1 is 1.17 bits per heavy atom. The van der Waals surface area contributed by atoms with Crippen molar-refractivity contribution < 1.29 is 9.53 Å². The number of hydrogen-bond acceptors (Lipinski definition) is 3. The number of rotatable bonds is 4. The van der Waals surface area contributed by atoms with Gasteiger partial charge in [-0.15, -0.1) is 0 Å². The van der Waals surface area contributed by atoms with Crippen molar-refractivity contribution in [2.75, 3.05) is 11.9 Å². The van der Waals surface area contributed by atoms with E-state index >= 15 is 0 Å². The number of hydrogen-bond donors (Lipinski definition) is 1. The number of anilines is 1. The molecular formula is C19H22N2O2. The maximum Gasteiger partial charge on any atom is 0.262 e. The zero-order valence-corrected chi connectivity index (χ0v) is 13.7. The Balaban J connectivity index is 1.62. The number of benzene rings is 1. The van der Waals surface area contributed by atoms with Gasteiger partial charge in [0.1, 0.15) is 5.75 Å². The molecule has 1 aromatic carbocycles. The number of aromatic nitrogens is 1. The highest BCUT2D eigenvalue weighted by molar-refractivity contribution is 5.92. The third kappa shape index (κ3) is 3.70. The van der Waals surface area contributed by atoms with Crippen LogP contribution in [0.25, 0.3) is 0 Å². The molecule has 1 amide bonds. The molecule has 3 rings (SSSR count). The first kappa shape index (κ1) is 15.5. The second-order valence-electron chi connectivity index (χ2n) is 6.08. The fourth-order valence-electron chi connectivity index (χ4n) is 2.89. The molecule has 0 bridgehead atoms. The summed E-state index contributed by atoms with van der Waals surface area (Å²) < 4.78 is 5.74. The highest BCUT2D eigenvalue weighted by Gasteiger charge is 2.16.